The van der Waals surface area contributed by atoms with Gasteiger partial charge in [0.25, 0.3) is 0 Å². The molecule has 3 N–H and O–H groups in total. The molecule has 1 atom stereocenters. The lowest BCUT2D eigenvalue weighted by Crippen LogP contribution is -2.53. The molecule has 1 fully saturated rings. The van der Waals surface area contributed by atoms with Gasteiger partial charge in [0, 0.05) is 25.3 Å². The van der Waals surface area contributed by atoms with Crippen molar-refractivity contribution in [3.63, 3.8) is 0 Å². The Balaban J connectivity index is 2.13. The van der Waals surface area contributed by atoms with E-state index in [1.54, 1.807) is 0 Å². The molecule has 21 heavy (non-hydrogen) atoms. The van der Waals surface area contributed by atoms with Gasteiger partial charge in [-0.25, -0.2) is 0 Å². The Morgan fingerprint density at radius 3 is 2.67 bits per heavy atom. The Morgan fingerprint density at radius 1 is 1.38 bits per heavy atom. The van der Waals surface area contributed by atoms with Gasteiger partial charge in [-0.15, -0.1) is 13.2 Å². The first kappa shape index (κ1) is 15.7. The minimum absolute atomic E-state index is 0.00826. The van der Waals surface area contributed by atoms with Gasteiger partial charge in [0.15, 0.2) is 5.75 Å². The molecular weight excluding hydrogens is 287 g/mol. The summed E-state index contributed by atoms with van der Waals surface area (Å²) in [5, 5.41) is 9.31. The van der Waals surface area contributed by atoms with Gasteiger partial charge in [0.2, 0.25) is 0 Å². The van der Waals surface area contributed by atoms with Gasteiger partial charge in [-0.05, 0) is 25.2 Å². The minimum atomic E-state index is -4.76. The molecule has 8 heteroatoms. The Labute approximate surface area is 120 Å². The van der Waals surface area contributed by atoms with Gasteiger partial charge in [-0.1, -0.05) is 0 Å². The standard InChI is InChI=1S/C13H18F3N3O2/c1-18-4-5-19(7-10(18)8-20)9-2-3-12(11(17)6-9)21-13(14,15)16/h2-3,6,10,20H,4-5,7-8,17H2,1H3. The third kappa shape index (κ3) is 3.92. The van der Waals surface area contributed by atoms with E-state index in [-0.39, 0.29) is 18.3 Å². The van der Waals surface area contributed by atoms with Crippen LogP contribution in [0, 0.1) is 0 Å². The Bertz CT molecular complexity index is 496. The number of halogens is 3. The maximum atomic E-state index is 12.2. The number of piperazine rings is 1. The van der Waals surface area contributed by atoms with E-state index in [2.05, 4.69) is 4.74 Å². The first-order valence-electron chi connectivity index (χ1n) is 6.51. The van der Waals surface area contributed by atoms with E-state index in [9.17, 15) is 18.3 Å². The van der Waals surface area contributed by atoms with Crippen LogP contribution in [0.2, 0.25) is 0 Å². The number of nitrogen functional groups attached to an aromatic ring is 1. The molecule has 0 aliphatic carbocycles. The quantitative estimate of drug-likeness (QED) is 0.824. The Kier molecular flexibility index (Phi) is 4.48. The second kappa shape index (κ2) is 5.98. The van der Waals surface area contributed by atoms with Crippen LogP contribution in [0.1, 0.15) is 0 Å². The second-order valence-electron chi connectivity index (χ2n) is 5.03. The smallest absolute Gasteiger partial charge is 0.404 e. The van der Waals surface area contributed by atoms with Gasteiger partial charge >= 0.3 is 6.36 Å². The highest BCUT2D eigenvalue weighted by molar-refractivity contribution is 5.63. The van der Waals surface area contributed by atoms with E-state index in [0.717, 1.165) is 6.54 Å². The third-order valence-electron chi connectivity index (χ3n) is 3.57. The molecule has 1 heterocycles. The molecule has 1 aliphatic heterocycles. The molecule has 118 valence electrons. The Hall–Kier alpha value is -1.67. The molecule has 1 aromatic carbocycles. The van der Waals surface area contributed by atoms with E-state index in [0.29, 0.717) is 18.8 Å². The molecular formula is C13H18F3N3O2. The average Bonchev–Trinajstić information content (AvgIpc) is 2.40. The number of alkyl halides is 3. The number of likely N-dealkylation sites (N-methyl/N-ethyl adjacent to an activating group) is 1. The molecule has 0 amide bonds. The van der Waals surface area contributed by atoms with Crippen LogP contribution in [0.25, 0.3) is 0 Å². The summed E-state index contributed by atoms with van der Waals surface area (Å²) in [5.41, 5.74) is 6.27. The van der Waals surface area contributed by atoms with Crippen molar-refractivity contribution < 1.29 is 23.0 Å². The van der Waals surface area contributed by atoms with Crippen molar-refractivity contribution in [3.05, 3.63) is 18.2 Å². The summed E-state index contributed by atoms with van der Waals surface area (Å²) in [6.07, 6.45) is -4.76. The van der Waals surface area contributed by atoms with Crippen LogP contribution >= 0.6 is 0 Å². The van der Waals surface area contributed by atoms with Crippen molar-refractivity contribution in [3.8, 4) is 5.75 Å². The fourth-order valence-electron chi connectivity index (χ4n) is 2.33. The van der Waals surface area contributed by atoms with Crippen molar-refractivity contribution in [2.24, 2.45) is 0 Å². The number of nitrogens with zero attached hydrogens (tertiary/aromatic N) is 2. The molecule has 1 aromatic rings. The maximum absolute atomic E-state index is 12.2. The molecule has 2 rings (SSSR count). The van der Waals surface area contributed by atoms with Crippen molar-refractivity contribution in [1.82, 2.24) is 4.90 Å². The van der Waals surface area contributed by atoms with Gasteiger partial charge in [-0.3, -0.25) is 4.90 Å². The van der Waals surface area contributed by atoms with Gasteiger partial charge in [0.1, 0.15) is 0 Å². The summed E-state index contributed by atoms with van der Waals surface area (Å²) >= 11 is 0. The maximum Gasteiger partial charge on any atom is 0.573 e. The molecule has 1 aliphatic rings. The SMILES string of the molecule is CN1CCN(c2ccc(OC(F)(F)F)c(N)c2)CC1CO. The normalized spacial score (nSPS) is 20.6. The molecule has 0 spiro atoms. The summed E-state index contributed by atoms with van der Waals surface area (Å²) in [5.74, 6) is -0.404. The summed E-state index contributed by atoms with van der Waals surface area (Å²) in [6, 6.07) is 4.20. The monoisotopic (exact) mass is 305 g/mol. The lowest BCUT2D eigenvalue weighted by molar-refractivity contribution is -0.274. The van der Waals surface area contributed by atoms with Crippen molar-refractivity contribution >= 4 is 11.4 Å². The minimum Gasteiger partial charge on any atom is -0.404 e. The van der Waals surface area contributed by atoms with Crippen molar-refractivity contribution in [1.29, 1.82) is 0 Å². The molecule has 1 unspecified atom stereocenters. The number of benzene rings is 1. The fourth-order valence-corrected chi connectivity index (χ4v) is 2.33. The Morgan fingerprint density at radius 2 is 2.10 bits per heavy atom. The number of anilines is 2. The van der Waals surface area contributed by atoms with Crippen LogP contribution in [-0.4, -0.2) is 55.7 Å². The van der Waals surface area contributed by atoms with E-state index in [1.165, 1.54) is 18.2 Å². The van der Waals surface area contributed by atoms with Crippen molar-refractivity contribution in [2.45, 2.75) is 12.4 Å². The molecule has 0 aromatic heterocycles. The predicted octanol–water partition coefficient (Wildman–Crippen LogP) is 1.28. The van der Waals surface area contributed by atoms with Gasteiger partial charge < -0.3 is 20.5 Å². The molecule has 1 saturated heterocycles. The first-order chi connectivity index (χ1) is 9.80. The topological polar surface area (TPSA) is 62.0 Å². The van der Waals surface area contributed by atoms with Crippen molar-refractivity contribution in [2.75, 3.05) is 43.9 Å². The van der Waals surface area contributed by atoms with Crippen LogP contribution in [0.4, 0.5) is 24.5 Å². The fraction of sp³-hybridized carbons (Fsp3) is 0.538. The number of rotatable bonds is 3. The van der Waals surface area contributed by atoms with Crippen LogP contribution in [0.5, 0.6) is 5.75 Å². The lowest BCUT2D eigenvalue weighted by Gasteiger charge is -2.40. The lowest BCUT2D eigenvalue weighted by atomic mass is 10.1. The van der Waals surface area contributed by atoms with Crippen LogP contribution in [0.3, 0.4) is 0 Å². The second-order valence-corrected chi connectivity index (χ2v) is 5.03. The predicted molar refractivity (Wildman–Crippen MR) is 73.3 cm³/mol. The highest BCUT2D eigenvalue weighted by Gasteiger charge is 2.32. The number of hydrogen-bond donors (Lipinski definition) is 2. The zero-order valence-corrected chi connectivity index (χ0v) is 11.6. The van der Waals surface area contributed by atoms with Crippen LogP contribution < -0.4 is 15.4 Å². The van der Waals surface area contributed by atoms with Gasteiger partial charge in [-0.2, -0.15) is 0 Å². The van der Waals surface area contributed by atoms with E-state index in [4.69, 9.17) is 5.73 Å². The number of nitrogens with two attached hydrogens (primary N) is 1. The summed E-state index contributed by atoms with van der Waals surface area (Å²) in [7, 11) is 1.92. The van der Waals surface area contributed by atoms with Crippen LogP contribution in [-0.2, 0) is 0 Å². The number of hydrogen-bond acceptors (Lipinski definition) is 5. The summed E-state index contributed by atoms with van der Waals surface area (Å²) in [6.45, 7) is 2.08. The molecule has 0 radical (unpaired) electrons. The summed E-state index contributed by atoms with van der Waals surface area (Å²) in [4.78, 5) is 4.02. The van der Waals surface area contributed by atoms with Gasteiger partial charge in [0.05, 0.1) is 18.3 Å². The molecule has 0 saturated carbocycles. The first-order valence-corrected chi connectivity index (χ1v) is 6.51. The average molecular weight is 305 g/mol. The van der Waals surface area contributed by atoms with Crippen LogP contribution in [0.15, 0.2) is 18.2 Å². The summed E-state index contributed by atoms with van der Waals surface area (Å²) < 4.78 is 40.4. The zero-order chi connectivity index (χ0) is 15.6. The van der Waals surface area contributed by atoms with E-state index >= 15 is 0 Å². The number of aliphatic hydroxyl groups is 1. The van der Waals surface area contributed by atoms with E-state index < -0.39 is 12.1 Å². The highest BCUT2D eigenvalue weighted by atomic mass is 19.4. The molecule has 5 nitrogen and oxygen atoms in total. The zero-order valence-electron chi connectivity index (χ0n) is 11.6. The highest BCUT2D eigenvalue weighted by Crippen LogP contribution is 2.32. The number of aliphatic hydroxyl groups excluding tert-OH is 1. The third-order valence-corrected chi connectivity index (χ3v) is 3.57. The largest absolute Gasteiger partial charge is 0.573 e. The molecule has 0 bridgehead atoms. The van der Waals surface area contributed by atoms with E-state index in [1.807, 2.05) is 16.8 Å². The number of ether oxygens (including phenoxy) is 1.